The zero-order valence-electron chi connectivity index (χ0n) is 9.54. The molecule has 0 bridgehead atoms. The Labute approximate surface area is 90.1 Å². The Bertz CT molecular complexity index is 537. The molecule has 2 heteroatoms. The molecule has 0 amide bonds. The predicted octanol–water partition coefficient (Wildman–Crippen LogP) is 2.43. The van der Waals surface area contributed by atoms with Gasteiger partial charge in [-0.05, 0) is 31.7 Å². The molecule has 0 saturated heterocycles. The van der Waals surface area contributed by atoms with Crippen LogP contribution in [0, 0.1) is 6.92 Å². The summed E-state index contributed by atoms with van der Waals surface area (Å²) in [5, 5.41) is 1.44. The van der Waals surface area contributed by atoms with Crippen molar-refractivity contribution in [3.8, 4) is 0 Å². The third-order valence-corrected chi connectivity index (χ3v) is 3.44. The SMILES string of the molecule is Cc1ccc2c(c1)c1c(n2C)CN(C)C1. The first-order chi connectivity index (χ1) is 7.16. The minimum absolute atomic E-state index is 1.08. The van der Waals surface area contributed by atoms with Crippen LogP contribution in [-0.2, 0) is 20.1 Å². The van der Waals surface area contributed by atoms with Crippen LogP contribution in [-0.4, -0.2) is 16.5 Å². The van der Waals surface area contributed by atoms with E-state index in [9.17, 15) is 0 Å². The molecule has 0 spiro atoms. The lowest BCUT2D eigenvalue weighted by atomic mass is 10.1. The summed E-state index contributed by atoms with van der Waals surface area (Å²) in [4.78, 5) is 2.37. The number of hydrogen-bond donors (Lipinski definition) is 0. The van der Waals surface area contributed by atoms with Crippen molar-refractivity contribution < 1.29 is 0 Å². The van der Waals surface area contributed by atoms with Crippen molar-refractivity contribution in [2.75, 3.05) is 7.05 Å². The van der Waals surface area contributed by atoms with Crippen molar-refractivity contribution in [3.05, 3.63) is 35.0 Å². The summed E-state index contributed by atoms with van der Waals surface area (Å²) in [6, 6.07) is 6.75. The maximum absolute atomic E-state index is 2.37. The van der Waals surface area contributed by atoms with Gasteiger partial charge in [0.1, 0.15) is 0 Å². The van der Waals surface area contributed by atoms with Crippen LogP contribution in [0.4, 0.5) is 0 Å². The minimum Gasteiger partial charge on any atom is -0.346 e. The van der Waals surface area contributed by atoms with E-state index in [4.69, 9.17) is 0 Å². The van der Waals surface area contributed by atoms with Crippen LogP contribution in [0.1, 0.15) is 16.8 Å². The van der Waals surface area contributed by atoms with Crippen molar-refractivity contribution in [2.45, 2.75) is 20.0 Å². The second-order valence-electron chi connectivity index (χ2n) is 4.68. The number of nitrogens with zero attached hydrogens (tertiary/aromatic N) is 2. The smallest absolute Gasteiger partial charge is 0.0483 e. The van der Waals surface area contributed by atoms with E-state index in [1.807, 2.05) is 0 Å². The zero-order valence-corrected chi connectivity index (χ0v) is 9.54. The largest absolute Gasteiger partial charge is 0.346 e. The molecule has 2 aromatic rings. The molecule has 2 nitrogen and oxygen atoms in total. The minimum atomic E-state index is 1.08. The molecule has 0 fully saturated rings. The van der Waals surface area contributed by atoms with E-state index < -0.39 is 0 Å². The molecule has 3 rings (SSSR count). The third-order valence-electron chi connectivity index (χ3n) is 3.44. The van der Waals surface area contributed by atoms with Crippen molar-refractivity contribution >= 4 is 10.9 Å². The summed E-state index contributed by atoms with van der Waals surface area (Å²) in [7, 11) is 4.36. The van der Waals surface area contributed by atoms with E-state index in [1.165, 1.54) is 27.7 Å². The van der Waals surface area contributed by atoms with E-state index in [-0.39, 0.29) is 0 Å². The van der Waals surface area contributed by atoms with Crippen LogP contribution < -0.4 is 0 Å². The van der Waals surface area contributed by atoms with Crippen molar-refractivity contribution in [1.82, 2.24) is 9.47 Å². The van der Waals surface area contributed by atoms with E-state index in [0.717, 1.165) is 13.1 Å². The maximum Gasteiger partial charge on any atom is 0.0483 e. The van der Waals surface area contributed by atoms with Crippen LogP contribution in [0.25, 0.3) is 10.9 Å². The molecule has 2 heterocycles. The van der Waals surface area contributed by atoms with Crippen LogP contribution in [0.3, 0.4) is 0 Å². The van der Waals surface area contributed by atoms with Crippen LogP contribution in [0.5, 0.6) is 0 Å². The third kappa shape index (κ3) is 1.15. The monoisotopic (exact) mass is 200 g/mol. The zero-order chi connectivity index (χ0) is 10.6. The first-order valence-electron chi connectivity index (χ1n) is 5.42. The Balaban J connectivity index is 2.37. The average molecular weight is 200 g/mol. The highest BCUT2D eigenvalue weighted by atomic mass is 15.2. The Hall–Kier alpha value is -1.28. The highest BCUT2D eigenvalue weighted by Gasteiger charge is 2.22. The Morgan fingerprint density at radius 1 is 1.13 bits per heavy atom. The van der Waals surface area contributed by atoms with Crippen LogP contribution in [0.15, 0.2) is 18.2 Å². The summed E-state index contributed by atoms with van der Waals surface area (Å²) >= 11 is 0. The molecule has 0 saturated carbocycles. The first kappa shape index (κ1) is 8.98. The molecular weight excluding hydrogens is 184 g/mol. The number of benzene rings is 1. The fraction of sp³-hybridized carbons (Fsp3) is 0.385. The fourth-order valence-electron chi connectivity index (χ4n) is 2.65. The molecule has 0 radical (unpaired) electrons. The molecule has 1 aliphatic rings. The Morgan fingerprint density at radius 2 is 1.93 bits per heavy atom. The molecule has 0 N–H and O–H groups in total. The molecule has 1 aromatic carbocycles. The number of rotatable bonds is 0. The van der Waals surface area contributed by atoms with E-state index in [0.29, 0.717) is 0 Å². The predicted molar refractivity (Wildman–Crippen MR) is 62.8 cm³/mol. The van der Waals surface area contributed by atoms with Gasteiger partial charge in [-0.15, -0.1) is 0 Å². The van der Waals surface area contributed by atoms with Gasteiger partial charge in [0.2, 0.25) is 0 Å². The second-order valence-corrected chi connectivity index (χ2v) is 4.68. The highest BCUT2D eigenvalue weighted by Crippen LogP contribution is 2.32. The van der Waals surface area contributed by atoms with Gasteiger partial charge in [0.15, 0.2) is 0 Å². The van der Waals surface area contributed by atoms with E-state index in [1.54, 1.807) is 0 Å². The van der Waals surface area contributed by atoms with Gasteiger partial charge in [0, 0.05) is 36.7 Å². The quantitative estimate of drug-likeness (QED) is 0.634. The molecule has 0 aliphatic carbocycles. The van der Waals surface area contributed by atoms with Gasteiger partial charge in [0.25, 0.3) is 0 Å². The lowest BCUT2D eigenvalue weighted by molar-refractivity contribution is 0.348. The number of aromatic nitrogens is 1. The summed E-state index contributed by atoms with van der Waals surface area (Å²) in [5.41, 5.74) is 5.74. The summed E-state index contributed by atoms with van der Waals surface area (Å²) in [6.07, 6.45) is 0. The van der Waals surface area contributed by atoms with Crippen LogP contribution in [0.2, 0.25) is 0 Å². The van der Waals surface area contributed by atoms with E-state index in [2.05, 4.69) is 48.7 Å². The molecule has 1 aromatic heterocycles. The maximum atomic E-state index is 2.37. The van der Waals surface area contributed by atoms with Crippen molar-refractivity contribution in [1.29, 1.82) is 0 Å². The first-order valence-corrected chi connectivity index (χ1v) is 5.42. The second kappa shape index (κ2) is 2.86. The number of fused-ring (bicyclic) bond motifs is 3. The highest BCUT2D eigenvalue weighted by molar-refractivity contribution is 5.86. The topological polar surface area (TPSA) is 8.17 Å². The molecule has 15 heavy (non-hydrogen) atoms. The van der Waals surface area contributed by atoms with Crippen molar-refractivity contribution in [3.63, 3.8) is 0 Å². The Morgan fingerprint density at radius 3 is 2.73 bits per heavy atom. The fourth-order valence-corrected chi connectivity index (χ4v) is 2.65. The van der Waals surface area contributed by atoms with Gasteiger partial charge < -0.3 is 4.57 Å². The average Bonchev–Trinajstić information content (AvgIpc) is 2.67. The number of hydrogen-bond acceptors (Lipinski definition) is 1. The molecule has 0 atom stereocenters. The van der Waals surface area contributed by atoms with Gasteiger partial charge in [0.05, 0.1) is 0 Å². The lowest BCUT2D eigenvalue weighted by Gasteiger charge is -2.08. The van der Waals surface area contributed by atoms with Gasteiger partial charge in [-0.3, -0.25) is 4.90 Å². The molecular formula is C13H16N2. The van der Waals surface area contributed by atoms with Gasteiger partial charge in [-0.1, -0.05) is 11.6 Å². The molecule has 0 unspecified atom stereocenters. The Kier molecular flexibility index (Phi) is 1.71. The van der Waals surface area contributed by atoms with Crippen LogP contribution >= 0.6 is 0 Å². The summed E-state index contributed by atoms with van der Waals surface area (Å²) in [6.45, 7) is 4.34. The van der Waals surface area contributed by atoms with Gasteiger partial charge in [-0.2, -0.15) is 0 Å². The lowest BCUT2D eigenvalue weighted by Crippen LogP contribution is -2.10. The summed E-state index contributed by atoms with van der Waals surface area (Å²) < 4.78 is 2.34. The normalized spacial score (nSPS) is 16.2. The molecule has 1 aliphatic heterocycles. The summed E-state index contributed by atoms with van der Waals surface area (Å²) in [5.74, 6) is 0. The number of aryl methyl sites for hydroxylation is 2. The van der Waals surface area contributed by atoms with Gasteiger partial charge >= 0.3 is 0 Å². The molecule has 78 valence electrons. The van der Waals surface area contributed by atoms with Gasteiger partial charge in [-0.25, -0.2) is 0 Å². The van der Waals surface area contributed by atoms with E-state index >= 15 is 0 Å². The standard InChI is InChI=1S/C13H16N2/c1-9-4-5-12-10(6-9)11-7-14(2)8-13(11)15(12)3/h4-6H,7-8H2,1-3H3. The van der Waals surface area contributed by atoms with Crippen molar-refractivity contribution in [2.24, 2.45) is 7.05 Å².